The van der Waals surface area contributed by atoms with Crippen molar-refractivity contribution in [1.82, 2.24) is 4.98 Å². The molecule has 104 valence electrons. The molecule has 0 N–H and O–H groups in total. The SMILES string of the molecule is O=C(Cc1nc2ccccc2s1)c1ccc2c(c1)CCO2. The second-order valence-corrected chi connectivity index (χ2v) is 6.21. The number of fused-ring (bicyclic) bond motifs is 2. The summed E-state index contributed by atoms with van der Waals surface area (Å²) in [5.41, 5.74) is 2.84. The van der Waals surface area contributed by atoms with E-state index in [0.29, 0.717) is 13.0 Å². The van der Waals surface area contributed by atoms with E-state index in [1.54, 1.807) is 11.3 Å². The lowest BCUT2D eigenvalue weighted by atomic mass is 10.0. The number of Topliss-reactive ketones (excluding diaryl/α,β-unsaturated/α-hetero) is 1. The van der Waals surface area contributed by atoms with Crippen molar-refractivity contribution in [1.29, 1.82) is 0 Å². The quantitative estimate of drug-likeness (QED) is 0.692. The number of carbonyl (C=O) groups excluding carboxylic acids is 1. The van der Waals surface area contributed by atoms with Crippen LogP contribution >= 0.6 is 11.3 Å². The van der Waals surface area contributed by atoms with Gasteiger partial charge in [-0.2, -0.15) is 0 Å². The Hall–Kier alpha value is -2.20. The van der Waals surface area contributed by atoms with E-state index in [-0.39, 0.29) is 5.78 Å². The average Bonchev–Trinajstić information content (AvgIpc) is 3.11. The summed E-state index contributed by atoms with van der Waals surface area (Å²) in [4.78, 5) is 16.9. The molecule has 0 aliphatic carbocycles. The summed E-state index contributed by atoms with van der Waals surface area (Å²) < 4.78 is 6.60. The second kappa shape index (κ2) is 4.97. The number of rotatable bonds is 3. The fraction of sp³-hybridized carbons (Fsp3) is 0.176. The van der Waals surface area contributed by atoms with Gasteiger partial charge in [0.15, 0.2) is 5.78 Å². The Morgan fingerprint density at radius 3 is 3.05 bits per heavy atom. The van der Waals surface area contributed by atoms with Gasteiger partial charge >= 0.3 is 0 Å². The van der Waals surface area contributed by atoms with Crippen LogP contribution in [-0.4, -0.2) is 17.4 Å². The fourth-order valence-corrected chi connectivity index (χ4v) is 3.56. The number of thiazole rings is 1. The van der Waals surface area contributed by atoms with Gasteiger partial charge in [-0.15, -0.1) is 11.3 Å². The number of ether oxygens (including phenoxy) is 1. The topological polar surface area (TPSA) is 39.2 Å². The lowest BCUT2D eigenvalue weighted by Crippen LogP contribution is -2.03. The maximum atomic E-state index is 12.4. The zero-order valence-corrected chi connectivity index (χ0v) is 12.2. The van der Waals surface area contributed by atoms with Gasteiger partial charge in [-0.25, -0.2) is 4.98 Å². The minimum absolute atomic E-state index is 0.115. The lowest BCUT2D eigenvalue weighted by Gasteiger charge is -2.02. The zero-order valence-electron chi connectivity index (χ0n) is 11.3. The van der Waals surface area contributed by atoms with E-state index >= 15 is 0 Å². The first-order valence-corrected chi connectivity index (χ1v) is 7.74. The van der Waals surface area contributed by atoms with Crippen LogP contribution in [-0.2, 0) is 12.8 Å². The van der Waals surface area contributed by atoms with E-state index in [4.69, 9.17) is 4.74 Å². The number of hydrogen-bond acceptors (Lipinski definition) is 4. The highest BCUT2D eigenvalue weighted by atomic mass is 32.1. The van der Waals surface area contributed by atoms with Crippen molar-refractivity contribution in [3.8, 4) is 5.75 Å². The number of benzene rings is 2. The molecule has 1 aromatic heterocycles. The van der Waals surface area contributed by atoms with Crippen molar-refractivity contribution < 1.29 is 9.53 Å². The minimum atomic E-state index is 0.115. The van der Waals surface area contributed by atoms with Crippen LogP contribution in [0.1, 0.15) is 20.9 Å². The summed E-state index contributed by atoms with van der Waals surface area (Å²) in [6.07, 6.45) is 1.25. The van der Waals surface area contributed by atoms with Crippen molar-refractivity contribution in [2.75, 3.05) is 6.61 Å². The molecule has 0 atom stereocenters. The van der Waals surface area contributed by atoms with Crippen LogP contribution in [0.5, 0.6) is 5.75 Å². The van der Waals surface area contributed by atoms with E-state index in [2.05, 4.69) is 4.98 Å². The van der Waals surface area contributed by atoms with Gasteiger partial charge < -0.3 is 4.74 Å². The molecule has 3 nitrogen and oxygen atoms in total. The molecule has 2 aromatic carbocycles. The first kappa shape index (κ1) is 12.5. The van der Waals surface area contributed by atoms with Gasteiger partial charge in [0.1, 0.15) is 10.8 Å². The van der Waals surface area contributed by atoms with E-state index in [9.17, 15) is 4.79 Å². The van der Waals surface area contributed by atoms with Gasteiger partial charge in [-0.05, 0) is 35.9 Å². The number of nitrogens with zero attached hydrogens (tertiary/aromatic N) is 1. The van der Waals surface area contributed by atoms with Crippen molar-refractivity contribution >= 4 is 27.3 Å². The highest BCUT2D eigenvalue weighted by Gasteiger charge is 2.16. The van der Waals surface area contributed by atoms with E-state index in [1.807, 2.05) is 42.5 Å². The minimum Gasteiger partial charge on any atom is -0.493 e. The third-order valence-electron chi connectivity index (χ3n) is 3.66. The van der Waals surface area contributed by atoms with E-state index in [1.165, 1.54) is 0 Å². The Labute approximate surface area is 126 Å². The molecule has 0 fully saturated rings. The highest BCUT2D eigenvalue weighted by molar-refractivity contribution is 7.18. The smallest absolute Gasteiger partial charge is 0.169 e. The van der Waals surface area contributed by atoms with Crippen molar-refractivity contribution in [2.45, 2.75) is 12.8 Å². The molecule has 0 bridgehead atoms. The normalized spacial score (nSPS) is 13.1. The van der Waals surface area contributed by atoms with Crippen LogP contribution in [0.2, 0.25) is 0 Å². The maximum Gasteiger partial charge on any atom is 0.169 e. The standard InChI is InChI=1S/C17H13NO2S/c19-14(11-5-6-15-12(9-11)7-8-20-15)10-17-18-13-3-1-2-4-16(13)21-17/h1-6,9H,7-8,10H2. The highest BCUT2D eigenvalue weighted by Crippen LogP contribution is 2.27. The predicted molar refractivity (Wildman–Crippen MR) is 83.3 cm³/mol. The van der Waals surface area contributed by atoms with Crippen LogP contribution in [0, 0.1) is 0 Å². The molecule has 0 radical (unpaired) electrons. The monoisotopic (exact) mass is 295 g/mol. The number of ketones is 1. The number of hydrogen-bond donors (Lipinski definition) is 0. The van der Waals surface area contributed by atoms with Gasteiger partial charge in [-0.3, -0.25) is 4.79 Å². The van der Waals surface area contributed by atoms with Crippen LogP contribution in [0.15, 0.2) is 42.5 Å². The second-order valence-electron chi connectivity index (χ2n) is 5.10. The summed E-state index contributed by atoms with van der Waals surface area (Å²) in [7, 11) is 0. The maximum absolute atomic E-state index is 12.4. The number of aromatic nitrogens is 1. The molecule has 0 unspecified atom stereocenters. The first-order chi connectivity index (χ1) is 10.3. The molecule has 3 aromatic rings. The van der Waals surface area contributed by atoms with Crippen molar-refractivity contribution in [3.05, 3.63) is 58.6 Å². The Kier molecular flexibility index (Phi) is 2.97. The molecule has 1 aliphatic heterocycles. The summed E-state index contributed by atoms with van der Waals surface area (Å²) in [6.45, 7) is 0.713. The Bertz CT molecular complexity index is 805. The first-order valence-electron chi connectivity index (χ1n) is 6.93. The van der Waals surface area contributed by atoms with Gasteiger partial charge in [0, 0.05) is 12.0 Å². The molecule has 0 saturated carbocycles. The van der Waals surface area contributed by atoms with Gasteiger partial charge in [0.05, 0.1) is 23.2 Å². The molecule has 0 saturated heterocycles. The zero-order chi connectivity index (χ0) is 14.2. The number of carbonyl (C=O) groups is 1. The van der Waals surface area contributed by atoms with Crippen molar-refractivity contribution in [3.63, 3.8) is 0 Å². The van der Waals surface area contributed by atoms with Crippen LogP contribution in [0.25, 0.3) is 10.2 Å². The molecular formula is C17H13NO2S. The van der Waals surface area contributed by atoms with E-state index in [0.717, 1.165) is 38.5 Å². The van der Waals surface area contributed by atoms with Gasteiger partial charge in [0.25, 0.3) is 0 Å². The molecule has 4 rings (SSSR count). The molecular weight excluding hydrogens is 282 g/mol. The van der Waals surface area contributed by atoms with E-state index < -0.39 is 0 Å². The lowest BCUT2D eigenvalue weighted by molar-refractivity contribution is 0.0993. The van der Waals surface area contributed by atoms with Gasteiger partial charge in [0.2, 0.25) is 0 Å². The van der Waals surface area contributed by atoms with Crippen LogP contribution in [0.3, 0.4) is 0 Å². The molecule has 0 spiro atoms. The van der Waals surface area contributed by atoms with Crippen LogP contribution in [0.4, 0.5) is 0 Å². The summed E-state index contributed by atoms with van der Waals surface area (Å²) in [5.74, 6) is 1.02. The average molecular weight is 295 g/mol. The summed E-state index contributed by atoms with van der Waals surface area (Å²) in [5, 5.41) is 0.873. The summed E-state index contributed by atoms with van der Waals surface area (Å²) in [6, 6.07) is 13.7. The third-order valence-corrected chi connectivity index (χ3v) is 4.70. The van der Waals surface area contributed by atoms with Gasteiger partial charge in [-0.1, -0.05) is 12.1 Å². The molecule has 1 aliphatic rings. The fourth-order valence-electron chi connectivity index (χ4n) is 2.59. The predicted octanol–water partition coefficient (Wildman–Crippen LogP) is 3.66. The van der Waals surface area contributed by atoms with Crippen molar-refractivity contribution in [2.24, 2.45) is 0 Å². The Morgan fingerprint density at radius 1 is 1.24 bits per heavy atom. The molecule has 0 amide bonds. The molecule has 21 heavy (non-hydrogen) atoms. The molecule has 4 heteroatoms. The molecule has 2 heterocycles. The third kappa shape index (κ3) is 2.32. The van der Waals surface area contributed by atoms with Crippen LogP contribution < -0.4 is 4.74 Å². The largest absolute Gasteiger partial charge is 0.493 e. The Morgan fingerprint density at radius 2 is 2.14 bits per heavy atom. The summed E-state index contributed by atoms with van der Waals surface area (Å²) >= 11 is 1.59. The Balaban J connectivity index is 1.60. The number of para-hydroxylation sites is 1.